The largest absolute Gasteiger partial charge is 0.322 e. The van der Waals surface area contributed by atoms with E-state index in [0.29, 0.717) is 6.54 Å². The summed E-state index contributed by atoms with van der Waals surface area (Å²) in [4.78, 5) is 14.3. The lowest BCUT2D eigenvalue weighted by Gasteiger charge is -2.25. The summed E-state index contributed by atoms with van der Waals surface area (Å²) in [6.07, 6.45) is 1.78. The van der Waals surface area contributed by atoms with Crippen LogP contribution in [0.5, 0.6) is 0 Å². The highest BCUT2D eigenvalue weighted by atomic mass is 79.9. The number of benzene rings is 2. The highest BCUT2D eigenvalue weighted by molar-refractivity contribution is 9.10. The Kier molecular flexibility index (Phi) is 4.43. The van der Waals surface area contributed by atoms with Gasteiger partial charge < -0.3 is 10.2 Å². The lowest BCUT2D eigenvalue weighted by atomic mass is 10.0. The molecule has 1 aliphatic rings. The zero-order chi connectivity index (χ0) is 15.5. The zero-order valence-corrected chi connectivity index (χ0v) is 13.5. The molecule has 0 spiro atoms. The molecule has 5 heteroatoms. The molecule has 1 saturated heterocycles. The number of hydrogen-bond donors (Lipinski definition) is 1. The Morgan fingerprint density at radius 1 is 1.23 bits per heavy atom. The van der Waals surface area contributed by atoms with Crippen molar-refractivity contribution in [1.82, 2.24) is 4.90 Å². The molecule has 0 saturated carbocycles. The topological polar surface area (TPSA) is 32.3 Å². The number of hydrogen-bond acceptors (Lipinski definition) is 1. The van der Waals surface area contributed by atoms with Crippen LogP contribution in [-0.4, -0.2) is 17.5 Å². The van der Waals surface area contributed by atoms with Gasteiger partial charge in [0.15, 0.2) is 0 Å². The van der Waals surface area contributed by atoms with Crippen molar-refractivity contribution in [3.63, 3.8) is 0 Å². The molecule has 1 aliphatic heterocycles. The predicted molar refractivity (Wildman–Crippen MR) is 88.2 cm³/mol. The van der Waals surface area contributed by atoms with Crippen molar-refractivity contribution in [3.8, 4) is 0 Å². The normalized spacial score (nSPS) is 17.5. The first-order chi connectivity index (χ1) is 10.6. The number of urea groups is 1. The summed E-state index contributed by atoms with van der Waals surface area (Å²) >= 11 is 3.37. The fraction of sp³-hybridized carbons (Fsp3) is 0.235. The number of nitrogens with zero attached hydrogens (tertiary/aromatic N) is 1. The molecule has 1 heterocycles. The Balaban J connectivity index is 1.75. The Morgan fingerprint density at radius 3 is 2.73 bits per heavy atom. The molecular weight excluding hydrogens is 347 g/mol. The number of carbonyl (C=O) groups is 1. The summed E-state index contributed by atoms with van der Waals surface area (Å²) in [6.45, 7) is 0.684. The Bertz CT molecular complexity index is 675. The molecule has 0 radical (unpaired) electrons. The monoisotopic (exact) mass is 362 g/mol. The molecule has 0 aromatic heterocycles. The van der Waals surface area contributed by atoms with E-state index in [9.17, 15) is 9.18 Å². The maximum absolute atomic E-state index is 13.4. The van der Waals surface area contributed by atoms with Crippen molar-refractivity contribution in [2.45, 2.75) is 18.9 Å². The van der Waals surface area contributed by atoms with Crippen LogP contribution >= 0.6 is 15.9 Å². The van der Waals surface area contributed by atoms with Gasteiger partial charge >= 0.3 is 6.03 Å². The minimum absolute atomic E-state index is 0.0638. The number of halogens is 2. The van der Waals surface area contributed by atoms with E-state index in [1.807, 2.05) is 30.3 Å². The summed E-state index contributed by atoms with van der Waals surface area (Å²) in [6, 6.07) is 13.7. The van der Waals surface area contributed by atoms with Gasteiger partial charge in [-0.05, 0) is 54.8 Å². The lowest BCUT2D eigenvalue weighted by molar-refractivity contribution is 0.207. The highest BCUT2D eigenvalue weighted by Gasteiger charge is 2.30. The van der Waals surface area contributed by atoms with E-state index in [0.717, 1.165) is 28.6 Å². The van der Waals surface area contributed by atoms with Crippen LogP contribution < -0.4 is 5.32 Å². The summed E-state index contributed by atoms with van der Waals surface area (Å²) in [5.41, 5.74) is 1.60. The van der Waals surface area contributed by atoms with Gasteiger partial charge in [-0.1, -0.05) is 28.1 Å². The molecule has 0 unspecified atom stereocenters. The van der Waals surface area contributed by atoms with Crippen LogP contribution in [0.1, 0.15) is 24.4 Å². The predicted octanol–water partition coefficient (Wildman–Crippen LogP) is 4.96. The van der Waals surface area contributed by atoms with Gasteiger partial charge in [-0.3, -0.25) is 0 Å². The minimum Gasteiger partial charge on any atom is -0.317 e. The van der Waals surface area contributed by atoms with Crippen molar-refractivity contribution < 1.29 is 9.18 Å². The summed E-state index contributed by atoms with van der Waals surface area (Å²) in [5, 5.41) is 2.90. The van der Waals surface area contributed by atoms with Gasteiger partial charge in [-0.15, -0.1) is 0 Å². The van der Waals surface area contributed by atoms with E-state index >= 15 is 0 Å². The van der Waals surface area contributed by atoms with Crippen LogP contribution in [0.15, 0.2) is 53.0 Å². The number of carbonyl (C=O) groups excluding carboxylic acids is 1. The van der Waals surface area contributed by atoms with Gasteiger partial charge in [-0.2, -0.15) is 0 Å². The standard InChI is InChI=1S/C17H16BrFN2O/c18-13-6-8-15(9-7-13)20-17(22)21-10-2-5-16(21)12-3-1-4-14(19)11-12/h1,3-4,6-9,11,16H,2,5,10H2,(H,20,22)/t16-/m1/s1. The average Bonchev–Trinajstić information content (AvgIpc) is 2.99. The van der Waals surface area contributed by atoms with Crippen LogP contribution in [0.3, 0.4) is 0 Å². The molecule has 3 nitrogen and oxygen atoms in total. The Hall–Kier alpha value is -1.88. The third-order valence-electron chi connectivity index (χ3n) is 3.84. The first-order valence-corrected chi connectivity index (χ1v) is 8.01. The van der Waals surface area contributed by atoms with E-state index in [1.54, 1.807) is 11.0 Å². The van der Waals surface area contributed by atoms with Crippen molar-refractivity contribution in [3.05, 3.63) is 64.4 Å². The van der Waals surface area contributed by atoms with Crippen molar-refractivity contribution in [1.29, 1.82) is 0 Å². The van der Waals surface area contributed by atoms with E-state index in [2.05, 4.69) is 21.2 Å². The molecule has 1 fully saturated rings. The smallest absolute Gasteiger partial charge is 0.317 e. The van der Waals surface area contributed by atoms with Crippen molar-refractivity contribution in [2.75, 3.05) is 11.9 Å². The second-order valence-electron chi connectivity index (χ2n) is 5.34. The van der Waals surface area contributed by atoms with Crippen LogP contribution in [0.25, 0.3) is 0 Å². The average molecular weight is 363 g/mol. The summed E-state index contributed by atoms with van der Waals surface area (Å²) in [5.74, 6) is -0.266. The highest BCUT2D eigenvalue weighted by Crippen LogP contribution is 2.32. The molecule has 1 N–H and O–H groups in total. The van der Waals surface area contributed by atoms with Gasteiger partial charge in [0.05, 0.1) is 6.04 Å². The van der Waals surface area contributed by atoms with Crippen LogP contribution in [0.4, 0.5) is 14.9 Å². The molecule has 1 atom stereocenters. The molecule has 3 rings (SSSR count). The van der Waals surface area contributed by atoms with Crippen LogP contribution in [0, 0.1) is 5.82 Å². The molecule has 2 amide bonds. The first-order valence-electron chi connectivity index (χ1n) is 7.22. The number of likely N-dealkylation sites (tertiary alicyclic amines) is 1. The van der Waals surface area contributed by atoms with Crippen LogP contribution in [-0.2, 0) is 0 Å². The molecule has 2 aromatic carbocycles. The second-order valence-corrected chi connectivity index (χ2v) is 6.26. The summed E-state index contributed by atoms with van der Waals surface area (Å²) < 4.78 is 14.4. The summed E-state index contributed by atoms with van der Waals surface area (Å²) in [7, 11) is 0. The number of anilines is 1. The van der Waals surface area contributed by atoms with Gasteiger partial charge in [0.2, 0.25) is 0 Å². The maximum Gasteiger partial charge on any atom is 0.322 e. The lowest BCUT2D eigenvalue weighted by Crippen LogP contribution is -2.34. The molecule has 0 bridgehead atoms. The van der Waals surface area contributed by atoms with Crippen LogP contribution in [0.2, 0.25) is 0 Å². The number of rotatable bonds is 2. The van der Waals surface area contributed by atoms with E-state index < -0.39 is 0 Å². The first kappa shape index (κ1) is 15.0. The fourth-order valence-corrected chi connectivity index (χ4v) is 3.06. The van der Waals surface area contributed by atoms with Crippen molar-refractivity contribution in [2.24, 2.45) is 0 Å². The van der Waals surface area contributed by atoms with Gasteiger partial charge in [-0.25, -0.2) is 9.18 Å². The molecule has 0 aliphatic carbocycles. The van der Waals surface area contributed by atoms with E-state index in [-0.39, 0.29) is 17.9 Å². The Labute approximate surface area is 137 Å². The fourth-order valence-electron chi connectivity index (χ4n) is 2.80. The van der Waals surface area contributed by atoms with Gasteiger partial charge in [0, 0.05) is 16.7 Å². The molecule has 114 valence electrons. The third-order valence-corrected chi connectivity index (χ3v) is 4.37. The second kappa shape index (κ2) is 6.48. The third kappa shape index (κ3) is 3.30. The van der Waals surface area contributed by atoms with Gasteiger partial charge in [0.1, 0.15) is 5.82 Å². The Morgan fingerprint density at radius 2 is 2.00 bits per heavy atom. The molecule has 2 aromatic rings. The molecule has 22 heavy (non-hydrogen) atoms. The SMILES string of the molecule is O=C(Nc1ccc(Br)cc1)N1CCC[C@@H]1c1cccc(F)c1. The molecular formula is C17H16BrFN2O. The zero-order valence-electron chi connectivity index (χ0n) is 11.9. The quantitative estimate of drug-likeness (QED) is 0.804. The van der Waals surface area contributed by atoms with Crippen molar-refractivity contribution >= 4 is 27.6 Å². The number of amides is 2. The van der Waals surface area contributed by atoms with E-state index in [4.69, 9.17) is 0 Å². The number of nitrogens with one attached hydrogen (secondary N) is 1. The van der Waals surface area contributed by atoms with Gasteiger partial charge in [0.25, 0.3) is 0 Å². The maximum atomic E-state index is 13.4. The minimum atomic E-state index is -0.266. The van der Waals surface area contributed by atoms with E-state index in [1.165, 1.54) is 12.1 Å².